The van der Waals surface area contributed by atoms with E-state index in [4.69, 9.17) is 5.11 Å². The van der Waals surface area contributed by atoms with Crippen molar-refractivity contribution in [1.29, 1.82) is 0 Å². The molecule has 1 aromatic carbocycles. The molecule has 0 spiro atoms. The summed E-state index contributed by atoms with van der Waals surface area (Å²) in [7, 11) is 0. The van der Waals surface area contributed by atoms with Crippen molar-refractivity contribution in [3.05, 3.63) is 41.5 Å². The lowest BCUT2D eigenvalue weighted by molar-refractivity contribution is -0.131. The molecule has 2 nitrogen and oxygen atoms in total. The van der Waals surface area contributed by atoms with E-state index in [0.29, 0.717) is 6.42 Å². The smallest absolute Gasteiger partial charge is 0.328 e. The van der Waals surface area contributed by atoms with Crippen LogP contribution >= 0.6 is 0 Å². The lowest BCUT2D eigenvalue weighted by Crippen LogP contribution is -1.96. The summed E-state index contributed by atoms with van der Waals surface area (Å²) < 4.78 is 26.1. The molecular weight excluding hydrogens is 202 g/mol. The molecule has 0 radical (unpaired) electrons. The molecule has 1 rings (SSSR count). The fraction of sp³-hybridized carbons (Fsp3) is 0.182. The van der Waals surface area contributed by atoms with E-state index in [2.05, 4.69) is 0 Å². The summed E-state index contributed by atoms with van der Waals surface area (Å²) in [5.41, 5.74) is 0.263. The van der Waals surface area contributed by atoms with Crippen LogP contribution in [0.3, 0.4) is 0 Å². The number of rotatable bonds is 3. The van der Waals surface area contributed by atoms with E-state index in [1.54, 1.807) is 6.92 Å². The van der Waals surface area contributed by atoms with Gasteiger partial charge in [0.15, 0.2) is 11.6 Å². The van der Waals surface area contributed by atoms with Crippen molar-refractivity contribution in [3.63, 3.8) is 0 Å². The first-order valence-corrected chi connectivity index (χ1v) is 4.44. The summed E-state index contributed by atoms with van der Waals surface area (Å²) >= 11 is 0. The Kier molecular flexibility index (Phi) is 3.55. The zero-order valence-corrected chi connectivity index (χ0v) is 8.13. The van der Waals surface area contributed by atoms with Crippen LogP contribution in [0.4, 0.5) is 8.78 Å². The van der Waals surface area contributed by atoms with Crippen molar-refractivity contribution in [3.8, 4) is 0 Å². The van der Waals surface area contributed by atoms with Gasteiger partial charge in [-0.1, -0.05) is 19.1 Å². The lowest BCUT2D eigenvalue weighted by atomic mass is 10.0. The van der Waals surface area contributed by atoms with Crippen molar-refractivity contribution in [2.24, 2.45) is 0 Å². The van der Waals surface area contributed by atoms with Crippen molar-refractivity contribution >= 4 is 11.5 Å². The zero-order chi connectivity index (χ0) is 11.4. The average molecular weight is 212 g/mol. The van der Waals surface area contributed by atoms with Gasteiger partial charge in [0, 0.05) is 11.6 Å². The Morgan fingerprint density at radius 1 is 1.47 bits per heavy atom. The summed E-state index contributed by atoms with van der Waals surface area (Å²) in [4.78, 5) is 10.4. The minimum atomic E-state index is -1.17. The number of carboxylic acids is 1. The molecule has 1 N–H and O–H groups in total. The van der Waals surface area contributed by atoms with Gasteiger partial charge in [-0.15, -0.1) is 0 Å². The van der Waals surface area contributed by atoms with E-state index >= 15 is 0 Å². The highest BCUT2D eigenvalue weighted by atomic mass is 19.2. The van der Waals surface area contributed by atoms with Gasteiger partial charge in [0.05, 0.1) is 0 Å². The Morgan fingerprint density at radius 2 is 2.13 bits per heavy atom. The lowest BCUT2D eigenvalue weighted by Gasteiger charge is -2.05. The SMILES string of the molecule is CCC(=CC(=O)O)c1cccc(F)c1F. The summed E-state index contributed by atoms with van der Waals surface area (Å²) in [5, 5.41) is 8.54. The number of hydrogen-bond donors (Lipinski definition) is 1. The fourth-order valence-corrected chi connectivity index (χ4v) is 1.27. The monoisotopic (exact) mass is 212 g/mol. The van der Waals surface area contributed by atoms with Crippen molar-refractivity contribution in [1.82, 2.24) is 0 Å². The number of carboxylic acid groups (broad SMARTS) is 1. The predicted octanol–water partition coefficient (Wildman–Crippen LogP) is 2.84. The molecular formula is C11H10F2O2. The molecule has 0 aromatic heterocycles. The summed E-state index contributed by atoms with van der Waals surface area (Å²) in [6.45, 7) is 1.68. The minimum Gasteiger partial charge on any atom is -0.478 e. The van der Waals surface area contributed by atoms with Crippen LogP contribution in [-0.2, 0) is 4.79 Å². The number of halogens is 2. The Labute approximate surface area is 85.9 Å². The van der Waals surface area contributed by atoms with Gasteiger partial charge in [-0.25, -0.2) is 13.6 Å². The number of allylic oxidation sites excluding steroid dienone is 1. The maximum absolute atomic E-state index is 13.3. The second-order valence-corrected chi connectivity index (χ2v) is 2.96. The van der Waals surface area contributed by atoms with E-state index in [9.17, 15) is 13.6 Å². The predicted molar refractivity (Wildman–Crippen MR) is 52.3 cm³/mol. The number of carbonyl (C=O) groups is 1. The van der Waals surface area contributed by atoms with E-state index < -0.39 is 17.6 Å². The number of aliphatic carboxylic acids is 1. The second-order valence-electron chi connectivity index (χ2n) is 2.96. The molecule has 0 bridgehead atoms. The van der Waals surface area contributed by atoms with Crippen LogP contribution in [0.1, 0.15) is 18.9 Å². The second kappa shape index (κ2) is 4.68. The Bertz CT molecular complexity index is 411. The third-order valence-corrected chi connectivity index (χ3v) is 1.98. The average Bonchev–Trinajstić information content (AvgIpc) is 2.19. The zero-order valence-electron chi connectivity index (χ0n) is 8.13. The highest BCUT2D eigenvalue weighted by Crippen LogP contribution is 2.22. The summed E-state index contributed by atoms with van der Waals surface area (Å²) in [5.74, 6) is -3.15. The molecule has 0 aliphatic carbocycles. The van der Waals surface area contributed by atoms with Crippen molar-refractivity contribution in [2.75, 3.05) is 0 Å². The first-order chi connectivity index (χ1) is 7.06. The molecule has 0 aliphatic heterocycles. The normalized spacial score (nSPS) is 11.5. The van der Waals surface area contributed by atoms with Crippen LogP contribution in [-0.4, -0.2) is 11.1 Å². The van der Waals surface area contributed by atoms with Gasteiger partial charge in [-0.3, -0.25) is 0 Å². The molecule has 0 unspecified atom stereocenters. The van der Waals surface area contributed by atoms with Crippen LogP contribution < -0.4 is 0 Å². The minimum absolute atomic E-state index is 0.0000926. The highest BCUT2D eigenvalue weighted by Gasteiger charge is 2.11. The molecule has 15 heavy (non-hydrogen) atoms. The number of hydrogen-bond acceptors (Lipinski definition) is 1. The first-order valence-electron chi connectivity index (χ1n) is 4.44. The van der Waals surface area contributed by atoms with Crippen molar-refractivity contribution < 1.29 is 18.7 Å². The van der Waals surface area contributed by atoms with Crippen LogP contribution in [0.5, 0.6) is 0 Å². The number of benzene rings is 1. The Balaban J connectivity index is 3.24. The Hall–Kier alpha value is -1.71. The molecule has 0 fully saturated rings. The largest absolute Gasteiger partial charge is 0.478 e. The molecule has 0 amide bonds. The third kappa shape index (κ3) is 2.62. The quantitative estimate of drug-likeness (QED) is 0.782. The van der Waals surface area contributed by atoms with Gasteiger partial charge in [0.2, 0.25) is 0 Å². The third-order valence-electron chi connectivity index (χ3n) is 1.98. The maximum atomic E-state index is 13.3. The van der Waals surface area contributed by atoms with Gasteiger partial charge < -0.3 is 5.11 Å². The maximum Gasteiger partial charge on any atom is 0.328 e. The topological polar surface area (TPSA) is 37.3 Å². The molecule has 0 saturated heterocycles. The van der Waals surface area contributed by atoms with E-state index in [-0.39, 0.29) is 11.1 Å². The van der Waals surface area contributed by atoms with Crippen LogP contribution in [0.2, 0.25) is 0 Å². The van der Waals surface area contributed by atoms with E-state index in [0.717, 1.165) is 12.1 Å². The van der Waals surface area contributed by atoms with Gasteiger partial charge in [0.1, 0.15) is 0 Å². The molecule has 0 atom stereocenters. The molecule has 4 heteroatoms. The molecule has 0 saturated carbocycles. The highest BCUT2D eigenvalue weighted by molar-refractivity contribution is 5.90. The van der Waals surface area contributed by atoms with Gasteiger partial charge in [-0.05, 0) is 18.1 Å². The van der Waals surface area contributed by atoms with Gasteiger partial charge >= 0.3 is 5.97 Å². The van der Waals surface area contributed by atoms with Crippen LogP contribution in [0.25, 0.3) is 5.57 Å². The molecule has 1 aromatic rings. The standard InChI is InChI=1S/C11H10F2O2/c1-2-7(6-10(14)15)8-4-3-5-9(12)11(8)13/h3-6H,2H2,1H3,(H,14,15). The van der Waals surface area contributed by atoms with E-state index in [1.165, 1.54) is 12.1 Å². The summed E-state index contributed by atoms with van der Waals surface area (Å²) in [6, 6.07) is 3.70. The summed E-state index contributed by atoms with van der Waals surface area (Å²) in [6.07, 6.45) is 1.21. The molecule has 0 aliphatic rings. The van der Waals surface area contributed by atoms with E-state index in [1.807, 2.05) is 0 Å². The molecule has 0 heterocycles. The Morgan fingerprint density at radius 3 is 2.67 bits per heavy atom. The fourth-order valence-electron chi connectivity index (χ4n) is 1.27. The van der Waals surface area contributed by atoms with Crippen LogP contribution in [0.15, 0.2) is 24.3 Å². The first kappa shape index (κ1) is 11.4. The van der Waals surface area contributed by atoms with Gasteiger partial charge in [-0.2, -0.15) is 0 Å². The van der Waals surface area contributed by atoms with Crippen molar-refractivity contribution in [2.45, 2.75) is 13.3 Å². The molecule has 80 valence electrons. The van der Waals surface area contributed by atoms with Crippen LogP contribution in [0, 0.1) is 11.6 Å². The van der Waals surface area contributed by atoms with Gasteiger partial charge in [0.25, 0.3) is 0 Å².